The zero-order valence-corrected chi connectivity index (χ0v) is 17.0. The number of rotatable bonds is 6. The average molecular weight is 411 g/mol. The van der Waals surface area contributed by atoms with Gasteiger partial charge in [0.2, 0.25) is 10.0 Å². The number of aromatic nitrogens is 2. The number of benzene rings is 2. The van der Waals surface area contributed by atoms with Crippen molar-refractivity contribution in [3.8, 4) is 0 Å². The molecule has 0 aliphatic rings. The lowest BCUT2D eigenvalue weighted by atomic mass is 10.2. The minimum atomic E-state index is -3.84. The van der Waals surface area contributed by atoms with Gasteiger partial charge in [0.25, 0.3) is 0 Å². The molecule has 29 heavy (non-hydrogen) atoms. The quantitative estimate of drug-likeness (QED) is 0.489. The van der Waals surface area contributed by atoms with E-state index in [4.69, 9.17) is 4.42 Å². The SMILES string of the molecule is Cn1c(=O)n(C)c2cc(S(=O)(=O)N(Cc3ccccc3)Cc3ccco3)ccc21. The van der Waals surface area contributed by atoms with Gasteiger partial charge in [0.15, 0.2) is 0 Å². The monoisotopic (exact) mass is 411 g/mol. The Bertz CT molecular complexity index is 1300. The summed E-state index contributed by atoms with van der Waals surface area (Å²) in [7, 11) is -0.544. The second kappa shape index (κ2) is 7.38. The molecule has 0 amide bonds. The number of furan rings is 1. The summed E-state index contributed by atoms with van der Waals surface area (Å²) in [6, 6.07) is 17.6. The molecule has 4 rings (SSSR count). The molecule has 0 saturated carbocycles. The lowest BCUT2D eigenvalue weighted by molar-refractivity contribution is 0.358. The van der Waals surface area contributed by atoms with Gasteiger partial charge in [-0.15, -0.1) is 0 Å². The second-order valence-electron chi connectivity index (χ2n) is 6.89. The summed E-state index contributed by atoms with van der Waals surface area (Å²) < 4.78 is 36.7. The van der Waals surface area contributed by atoms with Crippen LogP contribution >= 0.6 is 0 Å². The summed E-state index contributed by atoms with van der Waals surface area (Å²) in [6.45, 7) is 0.311. The van der Waals surface area contributed by atoms with Crippen molar-refractivity contribution >= 4 is 21.1 Å². The van der Waals surface area contributed by atoms with Crippen LogP contribution in [0.4, 0.5) is 0 Å². The van der Waals surface area contributed by atoms with E-state index in [1.807, 2.05) is 30.3 Å². The highest BCUT2D eigenvalue weighted by atomic mass is 32.2. The molecule has 150 valence electrons. The van der Waals surface area contributed by atoms with E-state index < -0.39 is 10.0 Å². The fraction of sp³-hybridized carbons (Fsp3) is 0.190. The van der Waals surface area contributed by atoms with Gasteiger partial charge in [0.05, 0.1) is 28.7 Å². The van der Waals surface area contributed by atoms with Crippen LogP contribution in [0.1, 0.15) is 11.3 Å². The van der Waals surface area contributed by atoms with Gasteiger partial charge in [-0.1, -0.05) is 30.3 Å². The van der Waals surface area contributed by atoms with E-state index in [2.05, 4.69) is 0 Å². The van der Waals surface area contributed by atoms with Crippen molar-refractivity contribution in [1.82, 2.24) is 13.4 Å². The van der Waals surface area contributed by atoms with E-state index in [0.29, 0.717) is 16.8 Å². The Labute approximate surface area is 168 Å². The highest BCUT2D eigenvalue weighted by Crippen LogP contribution is 2.24. The van der Waals surface area contributed by atoms with Crippen LogP contribution in [-0.4, -0.2) is 21.9 Å². The summed E-state index contributed by atoms with van der Waals surface area (Å²) >= 11 is 0. The van der Waals surface area contributed by atoms with Crippen LogP contribution in [0.2, 0.25) is 0 Å². The smallest absolute Gasteiger partial charge is 0.328 e. The summed E-state index contributed by atoms with van der Waals surface area (Å²) in [5.74, 6) is 0.553. The zero-order valence-electron chi connectivity index (χ0n) is 16.1. The van der Waals surface area contributed by atoms with E-state index in [1.165, 1.54) is 25.8 Å². The first-order chi connectivity index (χ1) is 13.9. The molecule has 0 saturated heterocycles. The lowest BCUT2D eigenvalue weighted by Gasteiger charge is -2.21. The van der Waals surface area contributed by atoms with Gasteiger partial charge in [0, 0.05) is 20.6 Å². The maximum atomic E-state index is 13.5. The van der Waals surface area contributed by atoms with Gasteiger partial charge >= 0.3 is 5.69 Å². The number of aryl methyl sites for hydroxylation is 2. The highest BCUT2D eigenvalue weighted by Gasteiger charge is 2.27. The van der Waals surface area contributed by atoms with Crippen LogP contribution in [0.15, 0.2) is 81.0 Å². The first-order valence-corrected chi connectivity index (χ1v) is 10.5. The molecule has 8 heteroatoms. The Morgan fingerprint density at radius 2 is 1.62 bits per heavy atom. The van der Waals surface area contributed by atoms with E-state index >= 15 is 0 Å². The Morgan fingerprint density at radius 3 is 2.31 bits per heavy atom. The van der Waals surface area contributed by atoms with E-state index in [-0.39, 0.29) is 23.7 Å². The van der Waals surface area contributed by atoms with Crippen molar-refractivity contribution in [3.05, 3.63) is 88.7 Å². The van der Waals surface area contributed by atoms with Crippen LogP contribution in [0.25, 0.3) is 11.0 Å². The third-order valence-electron chi connectivity index (χ3n) is 5.00. The number of fused-ring (bicyclic) bond motifs is 1. The highest BCUT2D eigenvalue weighted by molar-refractivity contribution is 7.89. The van der Waals surface area contributed by atoms with Gasteiger partial charge in [-0.05, 0) is 35.9 Å². The van der Waals surface area contributed by atoms with Crippen molar-refractivity contribution in [2.24, 2.45) is 14.1 Å². The van der Waals surface area contributed by atoms with Crippen molar-refractivity contribution in [3.63, 3.8) is 0 Å². The van der Waals surface area contributed by atoms with Gasteiger partial charge in [-0.3, -0.25) is 9.13 Å². The van der Waals surface area contributed by atoms with Crippen LogP contribution < -0.4 is 5.69 Å². The molecule has 7 nitrogen and oxygen atoms in total. The topological polar surface area (TPSA) is 77.5 Å². The molecule has 2 aromatic carbocycles. The first-order valence-electron chi connectivity index (χ1n) is 9.10. The van der Waals surface area contributed by atoms with Gasteiger partial charge in [-0.25, -0.2) is 13.2 Å². The molecular weight excluding hydrogens is 390 g/mol. The Morgan fingerprint density at radius 1 is 0.897 bits per heavy atom. The lowest BCUT2D eigenvalue weighted by Crippen LogP contribution is -2.30. The first kappa shape index (κ1) is 19.2. The van der Waals surface area contributed by atoms with Gasteiger partial charge in [-0.2, -0.15) is 4.31 Å². The molecular formula is C21H21N3O4S. The van der Waals surface area contributed by atoms with E-state index in [1.54, 1.807) is 38.4 Å². The summed E-state index contributed by atoms with van der Waals surface area (Å²) in [6.07, 6.45) is 1.52. The Hall–Kier alpha value is -3.10. The Balaban J connectivity index is 1.78. The van der Waals surface area contributed by atoms with E-state index in [9.17, 15) is 13.2 Å². The summed E-state index contributed by atoms with van der Waals surface area (Å²) in [4.78, 5) is 12.3. The van der Waals surface area contributed by atoms with Crippen LogP contribution in [-0.2, 0) is 37.2 Å². The second-order valence-corrected chi connectivity index (χ2v) is 8.83. The minimum Gasteiger partial charge on any atom is -0.468 e. The number of sulfonamides is 1. The van der Waals surface area contributed by atoms with Crippen molar-refractivity contribution in [2.75, 3.05) is 0 Å². The predicted octanol–water partition coefficient (Wildman–Crippen LogP) is 2.86. The summed E-state index contributed by atoms with van der Waals surface area (Å²) in [5.41, 5.74) is 1.91. The van der Waals surface area contributed by atoms with Crippen LogP contribution in [0.5, 0.6) is 0 Å². The van der Waals surface area contributed by atoms with Crippen LogP contribution in [0, 0.1) is 0 Å². The molecule has 2 aromatic heterocycles. The molecule has 0 unspecified atom stereocenters. The van der Waals surface area contributed by atoms with Crippen molar-refractivity contribution < 1.29 is 12.8 Å². The third kappa shape index (κ3) is 3.52. The van der Waals surface area contributed by atoms with Crippen molar-refractivity contribution in [1.29, 1.82) is 0 Å². The molecule has 0 aliphatic carbocycles. The fourth-order valence-corrected chi connectivity index (χ4v) is 4.80. The maximum Gasteiger partial charge on any atom is 0.328 e. The fourth-order valence-electron chi connectivity index (χ4n) is 3.39. The maximum absolute atomic E-state index is 13.5. The average Bonchev–Trinajstić information content (AvgIpc) is 3.31. The number of imidazole rings is 1. The normalized spacial score (nSPS) is 12.1. The summed E-state index contributed by atoms with van der Waals surface area (Å²) in [5, 5.41) is 0. The molecule has 0 spiro atoms. The van der Waals surface area contributed by atoms with Crippen LogP contribution in [0.3, 0.4) is 0 Å². The largest absolute Gasteiger partial charge is 0.468 e. The molecule has 0 N–H and O–H groups in total. The molecule has 2 heterocycles. The number of nitrogens with zero attached hydrogens (tertiary/aromatic N) is 3. The third-order valence-corrected chi connectivity index (χ3v) is 6.78. The molecule has 0 atom stereocenters. The van der Waals surface area contributed by atoms with Gasteiger partial charge < -0.3 is 4.42 Å². The molecule has 0 aliphatic heterocycles. The number of hydrogen-bond donors (Lipinski definition) is 0. The Kier molecular flexibility index (Phi) is 4.89. The minimum absolute atomic E-state index is 0.107. The molecule has 4 aromatic rings. The standard InChI is InChI=1S/C21H21N3O4S/c1-22-19-11-10-18(13-20(19)23(2)21(22)25)29(26,27)24(15-17-9-6-12-28-17)14-16-7-4-3-5-8-16/h3-13H,14-15H2,1-2H3. The van der Waals surface area contributed by atoms with Gasteiger partial charge in [0.1, 0.15) is 5.76 Å². The van der Waals surface area contributed by atoms with Crippen molar-refractivity contribution in [2.45, 2.75) is 18.0 Å². The van der Waals surface area contributed by atoms with E-state index in [0.717, 1.165) is 5.56 Å². The zero-order chi connectivity index (χ0) is 20.6. The predicted molar refractivity (Wildman–Crippen MR) is 110 cm³/mol. The molecule has 0 radical (unpaired) electrons. The number of hydrogen-bond acceptors (Lipinski definition) is 4. The molecule has 0 fully saturated rings. The molecule has 0 bridgehead atoms.